The lowest BCUT2D eigenvalue weighted by Crippen LogP contribution is -2.07. The monoisotopic (exact) mass is 236 g/mol. The topological polar surface area (TPSA) is 22.4 Å². The van der Waals surface area contributed by atoms with Crippen molar-refractivity contribution in [1.29, 1.82) is 0 Å². The van der Waals surface area contributed by atoms with Gasteiger partial charge in [-0.1, -0.05) is 18.2 Å². The fourth-order valence-corrected chi connectivity index (χ4v) is 2.57. The number of benzene rings is 1. The van der Waals surface area contributed by atoms with Gasteiger partial charge in [0.2, 0.25) is 0 Å². The quantitative estimate of drug-likeness (QED) is 0.741. The van der Waals surface area contributed by atoms with E-state index in [0.717, 1.165) is 29.8 Å². The Morgan fingerprint density at radius 3 is 3.00 bits per heavy atom. The van der Waals surface area contributed by atoms with Gasteiger partial charge in [-0.15, -0.1) is 11.6 Å². The molecule has 2 nitrogen and oxygen atoms in total. The molecule has 0 spiro atoms. The molecule has 84 valence electrons. The second-order valence-electron chi connectivity index (χ2n) is 4.18. The first-order valence-electron chi connectivity index (χ1n) is 5.54. The first kappa shape index (κ1) is 10.2. The Morgan fingerprint density at radius 1 is 1.31 bits per heavy atom. The van der Waals surface area contributed by atoms with Crippen LogP contribution in [-0.2, 0) is 4.74 Å². The zero-order valence-corrected chi connectivity index (χ0v) is 9.61. The summed E-state index contributed by atoms with van der Waals surface area (Å²) < 4.78 is 11.5. The van der Waals surface area contributed by atoms with Gasteiger partial charge in [-0.2, -0.15) is 0 Å². The molecule has 0 bridgehead atoms. The number of ether oxygens (including phenoxy) is 1. The molecule has 0 saturated carbocycles. The lowest BCUT2D eigenvalue weighted by Gasteiger charge is -2.12. The third kappa shape index (κ3) is 1.62. The molecule has 2 heterocycles. The molecule has 0 aliphatic carbocycles. The summed E-state index contributed by atoms with van der Waals surface area (Å²) in [5.41, 5.74) is 0.918. The van der Waals surface area contributed by atoms with Crippen LogP contribution in [0.3, 0.4) is 0 Å². The Bertz CT molecular complexity index is 458. The maximum atomic E-state index is 5.93. The van der Waals surface area contributed by atoms with Gasteiger partial charge in [-0.3, -0.25) is 0 Å². The first-order chi connectivity index (χ1) is 7.88. The average molecular weight is 237 g/mol. The van der Waals surface area contributed by atoms with Gasteiger partial charge in [-0.25, -0.2) is 0 Å². The third-order valence-electron chi connectivity index (χ3n) is 3.14. The van der Waals surface area contributed by atoms with E-state index in [9.17, 15) is 0 Å². The van der Waals surface area contributed by atoms with Crippen LogP contribution in [0.1, 0.15) is 18.3 Å². The van der Waals surface area contributed by atoms with Crippen LogP contribution >= 0.6 is 11.6 Å². The summed E-state index contributed by atoms with van der Waals surface area (Å²) in [6, 6.07) is 10.1. The summed E-state index contributed by atoms with van der Waals surface area (Å²) in [7, 11) is 0. The minimum absolute atomic E-state index is 0.0323. The van der Waals surface area contributed by atoms with Crippen LogP contribution in [0.25, 0.3) is 11.0 Å². The van der Waals surface area contributed by atoms with E-state index in [-0.39, 0.29) is 6.10 Å². The highest BCUT2D eigenvalue weighted by Gasteiger charge is 2.31. The van der Waals surface area contributed by atoms with Crippen molar-refractivity contribution in [3.05, 3.63) is 36.1 Å². The highest BCUT2D eigenvalue weighted by Crippen LogP contribution is 2.37. The molecule has 1 aromatic carbocycles. The van der Waals surface area contributed by atoms with E-state index in [4.69, 9.17) is 20.8 Å². The maximum absolute atomic E-state index is 5.93. The van der Waals surface area contributed by atoms with Gasteiger partial charge in [0.25, 0.3) is 0 Å². The average Bonchev–Trinajstić information content (AvgIpc) is 2.94. The van der Waals surface area contributed by atoms with Crippen LogP contribution in [-0.4, -0.2) is 12.5 Å². The van der Waals surface area contributed by atoms with Crippen LogP contribution in [0, 0.1) is 5.92 Å². The lowest BCUT2D eigenvalue weighted by molar-refractivity contribution is 0.0781. The molecule has 0 radical (unpaired) electrons. The Kier molecular flexibility index (Phi) is 2.62. The van der Waals surface area contributed by atoms with Gasteiger partial charge in [0, 0.05) is 23.8 Å². The fraction of sp³-hybridized carbons (Fsp3) is 0.385. The third-order valence-corrected chi connectivity index (χ3v) is 3.53. The number of hydrogen-bond donors (Lipinski definition) is 0. The van der Waals surface area contributed by atoms with Crippen LogP contribution < -0.4 is 0 Å². The predicted octanol–water partition coefficient (Wildman–Crippen LogP) is 3.75. The minimum atomic E-state index is 0.0323. The molecular formula is C13H13ClO2. The smallest absolute Gasteiger partial charge is 0.134 e. The predicted molar refractivity (Wildman–Crippen MR) is 63.7 cm³/mol. The number of rotatable bonds is 2. The second kappa shape index (κ2) is 4.11. The Hall–Kier alpha value is -0.990. The summed E-state index contributed by atoms with van der Waals surface area (Å²) in [4.78, 5) is 0. The summed E-state index contributed by atoms with van der Waals surface area (Å²) in [5, 5.41) is 1.13. The van der Waals surface area contributed by atoms with E-state index in [2.05, 4.69) is 6.07 Å². The SMILES string of the molecule is ClCC1CCOC1c1cc2ccccc2o1. The lowest BCUT2D eigenvalue weighted by atomic mass is 10.0. The highest BCUT2D eigenvalue weighted by molar-refractivity contribution is 6.18. The zero-order valence-electron chi connectivity index (χ0n) is 8.86. The van der Waals surface area contributed by atoms with Crippen molar-refractivity contribution in [1.82, 2.24) is 0 Å². The van der Waals surface area contributed by atoms with Crippen molar-refractivity contribution >= 4 is 22.6 Å². The molecule has 1 aliphatic rings. The zero-order chi connectivity index (χ0) is 11.0. The molecule has 1 fully saturated rings. The molecule has 2 unspecified atom stereocenters. The molecule has 3 rings (SSSR count). The first-order valence-corrected chi connectivity index (χ1v) is 6.08. The normalized spacial score (nSPS) is 25.3. The van der Waals surface area contributed by atoms with Gasteiger partial charge in [0.1, 0.15) is 17.4 Å². The molecule has 1 aliphatic heterocycles. The number of furan rings is 1. The Labute approximate surface area is 99.1 Å². The minimum Gasteiger partial charge on any atom is -0.458 e. The molecule has 2 aromatic rings. The van der Waals surface area contributed by atoms with Crippen molar-refractivity contribution in [2.75, 3.05) is 12.5 Å². The van der Waals surface area contributed by atoms with Crippen LogP contribution in [0.5, 0.6) is 0 Å². The van der Waals surface area contributed by atoms with Crippen molar-refractivity contribution in [3.63, 3.8) is 0 Å². The summed E-state index contributed by atoms with van der Waals surface area (Å²) in [6.07, 6.45) is 1.05. The number of alkyl halides is 1. The number of halogens is 1. The van der Waals surface area contributed by atoms with Gasteiger partial charge in [0.15, 0.2) is 0 Å². The van der Waals surface area contributed by atoms with Crippen molar-refractivity contribution in [2.24, 2.45) is 5.92 Å². The van der Waals surface area contributed by atoms with Crippen molar-refractivity contribution in [2.45, 2.75) is 12.5 Å². The largest absolute Gasteiger partial charge is 0.458 e. The standard InChI is InChI=1S/C13H13ClO2/c14-8-10-5-6-15-13(10)12-7-9-3-1-2-4-11(9)16-12/h1-4,7,10,13H,5-6,8H2. The molecule has 1 aromatic heterocycles. The van der Waals surface area contributed by atoms with Gasteiger partial charge < -0.3 is 9.15 Å². The van der Waals surface area contributed by atoms with E-state index >= 15 is 0 Å². The van der Waals surface area contributed by atoms with Crippen LogP contribution in [0.2, 0.25) is 0 Å². The van der Waals surface area contributed by atoms with Crippen molar-refractivity contribution in [3.8, 4) is 0 Å². The van der Waals surface area contributed by atoms with Crippen LogP contribution in [0.4, 0.5) is 0 Å². The highest BCUT2D eigenvalue weighted by atomic mass is 35.5. The number of hydrogen-bond acceptors (Lipinski definition) is 2. The summed E-state index contributed by atoms with van der Waals surface area (Å²) in [6.45, 7) is 0.777. The Balaban J connectivity index is 1.99. The number of para-hydroxylation sites is 1. The molecule has 0 amide bonds. The van der Waals surface area contributed by atoms with E-state index in [1.807, 2.05) is 24.3 Å². The molecule has 2 atom stereocenters. The molecule has 0 N–H and O–H groups in total. The van der Waals surface area contributed by atoms with Gasteiger partial charge in [-0.05, 0) is 18.6 Å². The van der Waals surface area contributed by atoms with E-state index in [1.165, 1.54) is 0 Å². The van der Waals surface area contributed by atoms with E-state index in [1.54, 1.807) is 0 Å². The van der Waals surface area contributed by atoms with Gasteiger partial charge >= 0.3 is 0 Å². The number of fused-ring (bicyclic) bond motifs is 1. The maximum Gasteiger partial charge on any atom is 0.134 e. The van der Waals surface area contributed by atoms with Crippen LogP contribution in [0.15, 0.2) is 34.7 Å². The fourth-order valence-electron chi connectivity index (χ4n) is 2.25. The Morgan fingerprint density at radius 2 is 2.19 bits per heavy atom. The molecule has 16 heavy (non-hydrogen) atoms. The van der Waals surface area contributed by atoms with Crippen molar-refractivity contribution < 1.29 is 9.15 Å². The summed E-state index contributed by atoms with van der Waals surface area (Å²) >= 11 is 5.93. The van der Waals surface area contributed by atoms with Gasteiger partial charge in [0.05, 0.1) is 0 Å². The second-order valence-corrected chi connectivity index (χ2v) is 4.49. The molecular weight excluding hydrogens is 224 g/mol. The summed E-state index contributed by atoms with van der Waals surface area (Å²) in [5.74, 6) is 1.91. The molecule has 1 saturated heterocycles. The molecule has 3 heteroatoms. The van der Waals surface area contributed by atoms with E-state index < -0.39 is 0 Å². The van der Waals surface area contributed by atoms with E-state index in [0.29, 0.717) is 11.8 Å².